The summed E-state index contributed by atoms with van der Waals surface area (Å²) in [6.07, 6.45) is 5.88. The number of rotatable bonds is 2. The SMILES string of the molecule is O=C(c1cnccn1)N1C[C@@H]2CN([C@H]3CCOC3)C[C@@H]2C1. The van der Waals surface area contributed by atoms with E-state index in [-0.39, 0.29) is 5.91 Å². The summed E-state index contributed by atoms with van der Waals surface area (Å²) in [6.45, 7) is 5.68. The number of likely N-dealkylation sites (tertiary alicyclic amines) is 2. The zero-order chi connectivity index (χ0) is 14.2. The Balaban J connectivity index is 1.38. The summed E-state index contributed by atoms with van der Waals surface area (Å²) in [5.41, 5.74) is 0.457. The van der Waals surface area contributed by atoms with E-state index in [0.717, 1.165) is 45.8 Å². The van der Waals surface area contributed by atoms with Crippen molar-refractivity contribution in [2.45, 2.75) is 12.5 Å². The van der Waals surface area contributed by atoms with Crippen LogP contribution in [0.2, 0.25) is 0 Å². The van der Waals surface area contributed by atoms with Crippen molar-refractivity contribution in [3.05, 3.63) is 24.3 Å². The van der Waals surface area contributed by atoms with Crippen molar-refractivity contribution in [2.75, 3.05) is 39.4 Å². The number of fused-ring (bicyclic) bond motifs is 1. The van der Waals surface area contributed by atoms with Gasteiger partial charge in [-0.05, 0) is 18.3 Å². The van der Waals surface area contributed by atoms with E-state index in [4.69, 9.17) is 4.74 Å². The van der Waals surface area contributed by atoms with Gasteiger partial charge in [0.2, 0.25) is 0 Å². The topological polar surface area (TPSA) is 58.6 Å². The highest BCUT2D eigenvalue weighted by molar-refractivity contribution is 5.92. The third-order valence-corrected chi connectivity index (χ3v) is 5.01. The predicted molar refractivity (Wildman–Crippen MR) is 75.7 cm³/mol. The molecule has 3 aliphatic heterocycles. The highest BCUT2D eigenvalue weighted by atomic mass is 16.5. The van der Waals surface area contributed by atoms with Crippen LogP contribution < -0.4 is 0 Å². The number of carbonyl (C=O) groups excluding carboxylic acids is 1. The fraction of sp³-hybridized carbons (Fsp3) is 0.667. The van der Waals surface area contributed by atoms with Crippen LogP contribution in [-0.4, -0.2) is 71.1 Å². The van der Waals surface area contributed by atoms with E-state index in [1.54, 1.807) is 18.6 Å². The van der Waals surface area contributed by atoms with Gasteiger partial charge in [-0.3, -0.25) is 14.7 Å². The molecule has 0 N–H and O–H groups in total. The van der Waals surface area contributed by atoms with Crippen LogP contribution in [0.3, 0.4) is 0 Å². The molecule has 0 unspecified atom stereocenters. The van der Waals surface area contributed by atoms with Crippen LogP contribution in [0.5, 0.6) is 0 Å². The smallest absolute Gasteiger partial charge is 0.274 e. The van der Waals surface area contributed by atoms with Crippen LogP contribution in [-0.2, 0) is 4.74 Å². The molecule has 3 fully saturated rings. The third-order valence-electron chi connectivity index (χ3n) is 5.01. The normalized spacial score (nSPS) is 32.6. The lowest BCUT2D eigenvalue weighted by molar-refractivity contribution is 0.0761. The molecule has 112 valence electrons. The number of aromatic nitrogens is 2. The monoisotopic (exact) mass is 288 g/mol. The van der Waals surface area contributed by atoms with Gasteiger partial charge in [-0.25, -0.2) is 4.98 Å². The van der Waals surface area contributed by atoms with E-state index in [1.807, 2.05) is 4.90 Å². The molecule has 0 aliphatic carbocycles. The van der Waals surface area contributed by atoms with Crippen LogP contribution in [0.25, 0.3) is 0 Å². The second-order valence-electron chi connectivity index (χ2n) is 6.29. The number of hydrogen-bond acceptors (Lipinski definition) is 5. The van der Waals surface area contributed by atoms with E-state index >= 15 is 0 Å². The summed E-state index contributed by atoms with van der Waals surface area (Å²) in [7, 11) is 0. The predicted octanol–water partition coefficient (Wildman–Crippen LogP) is 0.269. The second kappa shape index (κ2) is 5.35. The summed E-state index contributed by atoms with van der Waals surface area (Å²) in [5, 5.41) is 0. The lowest BCUT2D eigenvalue weighted by atomic mass is 10.0. The summed E-state index contributed by atoms with van der Waals surface area (Å²) >= 11 is 0. The van der Waals surface area contributed by atoms with Crippen LogP contribution >= 0.6 is 0 Å². The Bertz CT molecular complexity index is 504. The van der Waals surface area contributed by atoms with Gasteiger partial charge in [0.15, 0.2) is 0 Å². The van der Waals surface area contributed by atoms with Crippen LogP contribution in [0.15, 0.2) is 18.6 Å². The number of nitrogens with zero attached hydrogens (tertiary/aromatic N) is 4. The van der Waals surface area contributed by atoms with Gasteiger partial charge in [-0.2, -0.15) is 0 Å². The van der Waals surface area contributed by atoms with E-state index in [0.29, 0.717) is 23.6 Å². The Hall–Kier alpha value is -1.53. The summed E-state index contributed by atoms with van der Waals surface area (Å²) in [6, 6.07) is 0.597. The standard InChI is InChI=1S/C15H20N4O2/c20-15(14-5-16-2-3-17-14)19-8-11-6-18(7-12(11)9-19)13-1-4-21-10-13/h2-3,5,11-13H,1,4,6-10H2/t11-,12+,13-/m0/s1. The molecular formula is C15H20N4O2. The summed E-state index contributed by atoms with van der Waals surface area (Å²) < 4.78 is 5.49. The molecule has 1 aromatic rings. The average molecular weight is 288 g/mol. The van der Waals surface area contributed by atoms with Gasteiger partial charge in [-0.1, -0.05) is 0 Å². The van der Waals surface area contributed by atoms with E-state index < -0.39 is 0 Å². The molecule has 0 bridgehead atoms. The van der Waals surface area contributed by atoms with Gasteiger partial charge in [0.1, 0.15) is 5.69 Å². The first-order valence-corrected chi connectivity index (χ1v) is 7.68. The molecular weight excluding hydrogens is 268 g/mol. The Kier molecular flexibility index (Phi) is 3.35. The van der Waals surface area contributed by atoms with Gasteiger partial charge in [-0.15, -0.1) is 0 Å². The zero-order valence-electron chi connectivity index (χ0n) is 12.0. The number of amides is 1. The number of ether oxygens (including phenoxy) is 1. The minimum atomic E-state index is 0.0215. The van der Waals surface area contributed by atoms with Crippen molar-refractivity contribution in [3.63, 3.8) is 0 Å². The molecule has 4 rings (SSSR count). The number of carbonyl (C=O) groups is 1. The second-order valence-corrected chi connectivity index (χ2v) is 6.29. The van der Waals surface area contributed by atoms with Crippen molar-refractivity contribution < 1.29 is 9.53 Å². The first kappa shape index (κ1) is 13.2. The molecule has 3 aliphatic rings. The Labute approximate surface area is 124 Å². The summed E-state index contributed by atoms with van der Waals surface area (Å²) in [4.78, 5) is 25.0. The highest BCUT2D eigenvalue weighted by Gasteiger charge is 2.44. The molecule has 6 nitrogen and oxygen atoms in total. The molecule has 3 saturated heterocycles. The minimum Gasteiger partial charge on any atom is -0.380 e. The first-order valence-electron chi connectivity index (χ1n) is 7.68. The average Bonchev–Trinajstić information content (AvgIpc) is 3.22. The van der Waals surface area contributed by atoms with Crippen molar-refractivity contribution in [2.24, 2.45) is 11.8 Å². The Morgan fingerprint density at radius 1 is 1.19 bits per heavy atom. The van der Waals surface area contributed by atoms with E-state index in [2.05, 4.69) is 14.9 Å². The molecule has 1 amide bonds. The molecule has 1 aromatic heterocycles. The van der Waals surface area contributed by atoms with Gasteiger partial charge in [0, 0.05) is 51.2 Å². The lowest BCUT2D eigenvalue weighted by Gasteiger charge is -2.25. The molecule has 3 atom stereocenters. The fourth-order valence-electron chi connectivity index (χ4n) is 3.87. The Morgan fingerprint density at radius 2 is 2.00 bits per heavy atom. The number of hydrogen-bond donors (Lipinski definition) is 0. The third kappa shape index (κ3) is 2.42. The van der Waals surface area contributed by atoms with Crippen LogP contribution in [0.4, 0.5) is 0 Å². The van der Waals surface area contributed by atoms with Gasteiger partial charge < -0.3 is 9.64 Å². The molecule has 0 saturated carbocycles. The van der Waals surface area contributed by atoms with Crippen molar-refractivity contribution in [1.29, 1.82) is 0 Å². The maximum Gasteiger partial charge on any atom is 0.274 e. The summed E-state index contributed by atoms with van der Waals surface area (Å²) in [5.74, 6) is 1.23. The molecule has 4 heterocycles. The van der Waals surface area contributed by atoms with Crippen molar-refractivity contribution in [1.82, 2.24) is 19.8 Å². The maximum absolute atomic E-state index is 12.4. The molecule has 0 aromatic carbocycles. The minimum absolute atomic E-state index is 0.0215. The van der Waals surface area contributed by atoms with Crippen LogP contribution in [0.1, 0.15) is 16.9 Å². The fourth-order valence-corrected chi connectivity index (χ4v) is 3.87. The van der Waals surface area contributed by atoms with Crippen LogP contribution in [0, 0.1) is 11.8 Å². The lowest BCUT2D eigenvalue weighted by Crippen LogP contribution is -2.38. The first-order chi connectivity index (χ1) is 10.3. The Morgan fingerprint density at radius 3 is 2.62 bits per heavy atom. The molecule has 6 heteroatoms. The van der Waals surface area contributed by atoms with Crippen molar-refractivity contribution in [3.8, 4) is 0 Å². The zero-order valence-corrected chi connectivity index (χ0v) is 12.0. The van der Waals surface area contributed by atoms with Crippen molar-refractivity contribution >= 4 is 5.91 Å². The van der Waals surface area contributed by atoms with E-state index in [1.165, 1.54) is 0 Å². The van der Waals surface area contributed by atoms with Gasteiger partial charge >= 0.3 is 0 Å². The maximum atomic E-state index is 12.4. The van der Waals surface area contributed by atoms with Gasteiger partial charge in [0.05, 0.1) is 12.8 Å². The molecule has 0 spiro atoms. The van der Waals surface area contributed by atoms with E-state index in [9.17, 15) is 4.79 Å². The molecule has 21 heavy (non-hydrogen) atoms. The quantitative estimate of drug-likeness (QED) is 0.782. The molecule has 0 radical (unpaired) electrons. The largest absolute Gasteiger partial charge is 0.380 e. The highest BCUT2D eigenvalue weighted by Crippen LogP contribution is 2.33. The van der Waals surface area contributed by atoms with Gasteiger partial charge in [0.25, 0.3) is 5.91 Å².